The number of nitrogens with zero attached hydrogens (tertiary/aromatic N) is 1. The van der Waals surface area contributed by atoms with Gasteiger partial charge in [0.25, 0.3) is 5.91 Å². The molecule has 1 saturated heterocycles. The average Bonchev–Trinajstić information content (AvgIpc) is 2.87. The molecule has 1 heterocycles. The van der Waals surface area contributed by atoms with Gasteiger partial charge in [-0.25, -0.2) is 8.42 Å². The van der Waals surface area contributed by atoms with E-state index in [1.807, 2.05) is 31.2 Å². The number of aryl methyl sites for hydroxylation is 1. The number of piperidine rings is 1. The quantitative estimate of drug-likeness (QED) is 0.545. The first-order valence-electron chi connectivity index (χ1n) is 11.4. The molecule has 1 fully saturated rings. The predicted octanol–water partition coefficient (Wildman–Crippen LogP) is 3.08. The molecule has 8 nitrogen and oxygen atoms in total. The number of carbonyl (C=O) groups is 2. The molecule has 0 saturated carbocycles. The van der Waals surface area contributed by atoms with Gasteiger partial charge < -0.3 is 14.8 Å². The number of nitrogens with one attached hydrogen (secondary N) is 1. The molecule has 184 valence electrons. The van der Waals surface area contributed by atoms with E-state index in [4.69, 9.17) is 9.47 Å². The second kappa shape index (κ2) is 11.5. The SMILES string of the molecule is CCc1ccc(C(C)NC(=O)COC(=O)C2CCN(S(=O)(=O)c3ccc(OC)cc3)CC2)cc1. The Hall–Kier alpha value is -2.91. The molecular weight excluding hydrogens is 456 g/mol. The Morgan fingerprint density at radius 2 is 1.68 bits per heavy atom. The van der Waals surface area contributed by atoms with E-state index >= 15 is 0 Å². The Kier molecular flexibility index (Phi) is 8.68. The third-order valence-electron chi connectivity index (χ3n) is 6.10. The Labute approximate surface area is 201 Å². The number of hydrogen-bond donors (Lipinski definition) is 1. The highest BCUT2D eigenvalue weighted by molar-refractivity contribution is 7.89. The van der Waals surface area contributed by atoms with E-state index in [0.29, 0.717) is 18.6 Å². The number of methoxy groups -OCH3 is 1. The zero-order valence-corrected chi connectivity index (χ0v) is 20.6. The molecule has 1 unspecified atom stereocenters. The highest BCUT2D eigenvalue weighted by Gasteiger charge is 2.33. The van der Waals surface area contributed by atoms with Gasteiger partial charge in [-0.2, -0.15) is 4.31 Å². The van der Waals surface area contributed by atoms with Gasteiger partial charge in [0.2, 0.25) is 10.0 Å². The van der Waals surface area contributed by atoms with Crippen molar-refractivity contribution in [1.29, 1.82) is 0 Å². The Morgan fingerprint density at radius 3 is 2.24 bits per heavy atom. The minimum Gasteiger partial charge on any atom is -0.497 e. The number of sulfonamides is 1. The van der Waals surface area contributed by atoms with Crippen molar-refractivity contribution in [2.24, 2.45) is 5.92 Å². The molecule has 0 aromatic heterocycles. The van der Waals surface area contributed by atoms with Gasteiger partial charge in [0.05, 0.1) is 24.0 Å². The smallest absolute Gasteiger partial charge is 0.309 e. The van der Waals surface area contributed by atoms with Crippen molar-refractivity contribution in [1.82, 2.24) is 9.62 Å². The minimum atomic E-state index is -3.64. The molecule has 0 aliphatic carbocycles. The van der Waals surface area contributed by atoms with Crippen LogP contribution in [0.15, 0.2) is 53.4 Å². The zero-order chi connectivity index (χ0) is 24.7. The summed E-state index contributed by atoms with van der Waals surface area (Å²) in [5, 5.41) is 2.83. The van der Waals surface area contributed by atoms with E-state index in [-0.39, 0.29) is 36.5 Å². The third kappa shape index (κ3) is 6.36. The lowest BCUT2D eigenvalue weighted by atomic mass is 9.98. The third-order valence-corrected chi connectivity index (χ3v) is 8.01. The van der Waals surface area contributed by atoms with Gasteiger partial charge in [-0.3, -0.25) is 9.59 Å². The van der Waals surface area contributed by atoms with Gasteiger partial charge in [0.1, 0.15) is 5.75 Å². The first-order valence-corrected chi connectivity index (χ1v) is 12.9. The highest BCUT2D eigenvalue weighted by Crippen LogP contribution is 2.25. The van der Waals surface area contributed by atoms with E-state index < -0.39 is 21.9 Å². The standard InChI is InChI=1S/C25H32N2O6S/c1-4-19-5-7-20(8-6-19)18(2)26-24(28)17-33-25(29)21-13-15-27(16-14-21)34(30,31)23-11-9-22(32-3)10-12-23/h5-12,18,21H,4,13-17H2,1-3H3,(H,26,28). The number of carbonyl (C=O) groups excluding carboxylic acids is 2. The van der Waals surface area contributed by atoms with Crippen molar-refractivity contribution in [3.63, 3.8) is 0 Å². The van der Waals surface area contributed by atoms with Crippen molar-refractivity contribution < 1.29 is 27.5 Å². The summed E-state index contributed by atoms with van der Waals surface area (Å²) in [6, 6.07) is 14.0. The summed E-state index contributed by atoms with van der Waals surface area (Å²) in [7, 11) is -2.13. The van der Waals surface area contributed by atoms with E-state index in [1.165, 1.54) is 29.1 Å². The van der Waals surface area contributed by atoms with Gasteiger partial charge in [-0.05, 0) is 61.6 Å². The van der Waals surface area contributed by atoms with Crippen LogP contribution in [0.3, 0.4) is 0 Å². The fraction of sp³-hybridized carbons (Fsp3) is 0.440. The van der Waals surface area contributed by atoms with Crippen LogP contribution in [-0.2, 0) is 30.8 Å². The number of esters is 1. The molecule has 9 heteroatoms. The maximum Gasteiger partial charge on any atom is 0.309 e. The monoisotopic (exact) mass is 488 g/mol. The van der Waals surface area contributed by atoms with Crippen LogP contribution in [0.2, 0.25) is 0 Å². The van der Waals surface area contributed by atoms with Crippen LogP contribution in [-0.4, -0.2) is 51.4 Å². The van der Waals surface area contributed by atoms with Crippen molar-refractivity contribution in [3.05, 3.63) is 59.7 Å². The molecule has 2 aromatic rings. The molecule has 1 aliphatic rings. The number of ether oxygens (including phenoxy) is 2. The summed E-state index contributed by atoms with van der Waals surface area (Å²) in [5.41, 5.74) is 2.20. The molecule has 3 rings (SSSR count). The molecular formula is C25H32N2O6S. The van der Waals surface area contributed by atoms with Crippen molar-refractivity contribution in [3.8, 4) is 5.75 Å². The lowest BCUT2D eigenvalue weighted by Crippen LogP contribution is -2.41. The average molecular weight is 489 g/mol. The van der Waals surface area contributed by atoms with E-state index in [9.17, 15) is 18.0 Å². The fourth-order valence-electron chi connectivity index (χ4n) is 3.89. The normalized spacial score (nSPS) is 16.0. The van der Waals surface area contributed by atoms with Crippen LogP contribution < -0.4 is 10.1 Å². The Morgan fingerprint density at radius 1 is 1.06 bits per heavy atom. The van der Waals surface area contributed by atoms with Gasteiger partial charge in [0, 0.05) is 13.1 Å². The predicted molar refractivity (Wildman–Crippen MR) is 128 cm³/mol. The number of amides is 1. The van der Waals surface area contributed by atoms with Crippen molar-refractivity contribution in [2.45, 2.75) is 44.0 Å². The van der Waals surface area contributed by atoms with E-state index in [1.54, 1.807) is 12.1 Å². The van der Waals surface area contributed by atoms with Gasteiger partial charge >= 0.3 is 5.97 Å². The van der Waals surface area contributed by atoms with Crippen LogP contribution in [0, 0.1) is 5.92 Å². The van der Waals surface area contributed by atoms with Crippen molar-refractivity contribution >= 4 is 21.9 Å². The second-order valence-electron chi connectivity index (χ2n) is 8.35. The summed E-state index contributed by atoms with van der Waals surface area (Å²) in [6.45, 7) is 4.02. The topological polar surface area (TPSA) is 102 Å². The molecule has 2 aromatic carbocycles. The largest absolute Gasteiger partial charge is 0.497 e. The van der Waals surface area contributed by atoms with E-state index in [2.05, 4.69) is 12.2 Å². The van der Waals surface area contributed by atoms with Gasteiger partial charge in [-0.1, -0.05) is 31.2 Å². The van der Waals surface area contributed by atoms with Gasteiger partial charge in [0.15, 0.2) is 6.61 Å². The summed E-state index contributed by atoms with van der Waals surface area (Å²) >= 11 is 0. The Balaban J connectivity index is 1.45. The molecule has 0 spiro atoms. The van der Waals surface area contributed by atoms with Crippen molar-refractivity contribution in [2.75, 3.05) is 26.8 Å². The lowest BCUT2D eigenvalue weighted by molar-refractivity contribution is -0.153. The van der Waals surface area contributed by atoms with Crippen LogP contribution >= 0.6 is 0 Å². The number of hydrogen-bond acceptors (Lipinski definition) is 6. The molecule has 0 bridgehead atoms. The number of rotatable bonds is 9. The first kappa shape index (κ1) is 25.7. The highest BCUT2D eigenvalue weighted by atomic mass is 32.2. The van der Waals surface area contributed by atoms with Crippen LogP contribution in [0.1, 0.15) is 43.9 Å². The summed E-state index contributed by atoms with van der Waals surface area (Å²) in [6.07, 6.45) is 1.63. The minimum absolute atomic E-state index is 0.185. The zero-order valence-electron chi connectivity index (χ0n) is 19.8. The number of benzene rings is 2. The maximum absolute atomic E-state index is 12.8. The first-order chi connectivity index (χ1) is 16.2. The Bertz CT molecular complexity index is 1080. The molecule has 1 N–H and O–H groups in total. The second-order valence-corrected chi connectivity index (χ2v) is 10.3. The fourth-order valence-corrected chi connectivity index (χ4v) is 5.36. The van der Waals surface area contributed by atoms with Crippen LogP contribution in [0.4, 0.5) is 0 Å². The van der Waals surface area contributed by atoms with Crippen LogP contribution in [0.25, 0.3) is 0 Å². The van der Waals surface area contributed by atoms with Gasteiger partial charge in [-0.15, -0.1) is 0 Å². The maximum atomic E-state index is 12.8. The van der Waals surface area contributed by atoms with E-state index in [0.717, 1.165) is 12.0 Å². The molecule has 1 aliphatic heterocycles. The summed E-state index contributed by atoms with van der Waals surface area (Å²) in [5.74, 6) is -0.709. The van der Waals surface area contributed by atoms with Crippen LogP contribution in [0.5, 0.6) is 5.75 Å². The molecule has 1 atom stereocenters. The molecule has 0 radical (unpaired) electrons. The summed E-state index contributed by atoms with van der Waals surface area (Å²) in [4.78, 5) is 24.9. The lowest BCUT2D eigenvalue weighted by Gasteiger charge is -2.30. The molecule has 1 amide bonds. The summed E-state index contributed by atoms with van der Waals surface area (Å²) < 4.78 is 37.4. The molecule has 34 heavy (non-hydrogen) atoms.